The third kappa shape index (κ3) is 6.58. The van der Waals surface area contributed by atoms with Gasteiger partial charge in [0.1, 0.15) is 17.4 Å². The molecule has 0 saturated heterocycles. The van der Waals surface area contributed by atoms with Crippen molar-refractivity contribution in [2.75, 3.05) is 19.8 Å². The first-order valence-corrected chi connectivity index (χ1v) is 7.58. The molecule has 0 saturated carbocycles. The summed E-state index contributed by atoms with van der Waals surface area (Å²) in [6.45, 7) is -0.625. The fourth-order valence-corrected chi connectivity index (χ4v) is 1.95. The van der Waals surface area contributed by atoms with E-state index in [-0.39, 0.29) is 12.4 Å². The van der Waals surface area contributed by atoms with Crippen molar-refractivity contribution >= 4 is 11.9 Å². The highest BCUT2D eigenvalue weighted by Crippen LogP contribution is 2.10. The Labute approximate surface area is 143 Å². The maximum Gasteiger partial charge on any atom is 0.344 e. The van der Waals surface area contributed by atoms with E-state index >= 15 is 0 Å². The molecule has 0 aromatic heterocycles. The number of benzene rings is 2. The van der Waals surface area contributed by atoms with Crippen LogP contribution in [0.4, 0.5) is 8.78 Å². The van der Waals surface area contributed by atoms with Gasteiger partial charge in [0.2, 0.25) is 0 Å². The predicted molar refractivity (Wildman–Crippen MR) is 86.0 cm³/mol. The Morgan fingerprint density at radius 2 is 1.68 bits per heavy atom. The van der Waals surface area contributed by atoms with Crippen LogP contribution in [0.5, 0.6) is 5.75 Å². The third-order valence-corrected chi connectivity index (χ3v) is 3.21. The summed E-state index contributed by atoms with van der Waals surface area (Å²) in [7, 11) is 0. The minimum Gasteiger partial charge on any atom is -0.482 e. The maximum atomic E-state index is 13.4. The van der Waals surface area contributed by atoms with E-state index in [2.05, 4.69) is 5.32 Å². The molecule has 2 rings (SSSR count). The lowest BCUT2D eigenvalue weighted by Crippen LogP contribution is -2.31. The first-order chi connectivity index (χ1) is 12.0. The van der Waals surface area contributed by atoms with Gasteiger partial charge in [0.25, 0.3) is 5.91 Å². The summed E-state index contributed by atoms with van der Waals surface area (Å²) in [5.74, 6) is -1.66. The average Bonchev–Trinajstić information content (AvgIpc) is 2.61. The van der Waals surface area contributed by atoms with Gasteiger partial charge < -0.3 is 14.8 Å². The predicted octanol–water partition coefficient (Wildman–Crippen LogP) is 2.25. The van der Waals surface area contributed by atoms with Crippen LogP contribution in [-0.2, 0) is 20.7 Å². The molecule has 0 spiro atoms. The Bertz CT molecular complexity index is 719. The summed E-state index contributed by atoms with van der Waals surface area (Å²) < 4.78 is 36.0. The summed E-state index contributed by atoms with van der Waals surface area (Å²) in [6, 6.07) is 11.4. The molecule has 2 aromatic carbocycles. The van der Waals surface area contributed by atoms with Crippen LogP contribution < -0.4 is 10.1 Å². The Kier molecular flexibility index (Phi) is 6.88. The van der Waals surface area contributed by atoms with E-state index in [0.717, 1.165) is 0 Å². The molecular weight excluding hydrogens is 332 g/mol. The van der Waals surface area contributed by atoms with Gasteiger partial charge in [-0.25, -0.2) is 13.6 Å². The molecule has 2 aromatic rings. The number of amides is 1. The second-order valence-corrected chi connectivity index (χ2v) is 5.09. The highest BCUT2D eigenvalue weighted by atomic mass is 19.1. The minimum atomic E-state index is -0.728. The molecule has 0 heterocycles. The van der Waals surface area contributed by atoms with Gasteiger partial charge in [-0.1, -0.05) is 18.2 Å². The van der Waals surface area contributed by atoms with Gasteiger partial charge in [-0.15, -0.1) is 0 Å². The SMILES string of the molecule is O=C(COC(=O)COc1ccc(F)cc1)NCCc1ccccc1F. The Morgan fingerprint density at radius 3 is 2.40 bits per heavy atom. The molecule has 0 atom stereocenters. The van der Waals surface area contributed by atoms with E-state index in [1.807, 2.05) is 0 Å². The van der Waals surface area contributed by atoms with Crippen LogP contribution in [0.3, 0.4) is 0 Å². The van der Waals surface area contributed by atoms with Crippen LogP contribution in [0.1, 0.15) is 5.56 Å². The van der Waals surface area contributed by atoms with Gasteiger partial charge in [0.15, 0.2) is 13.2 Å². The van der Waals surface area contributed by atoms with Crippen LogP contribution in [0, 0.1) is 11.6 Å². The van der Waals surface area contributed by atoms with E-state index in [0.29, 0.717) is 17.7 Å². The van der Waals surface area contributed by atoms with Crippen LogP contribution >= 0.6 is 0 Å². The molecule has 132 valence electrons. The fourth-order valence-electron chi connectivity index (χ4n) is 1.95. The lowest BCUT2D eigenvalue weighted by Gasteiger charge is -2.08. The first-order valence-electron chi connectivity index (χ1n) is 7.58. The number of hydrogen-bond donors (Lipinski definition) is 1. The Hall–Kier alpha value is -2.96. The topological polar surface area (TPSA) is 64.6 Å². The zero-order chi connectivity index (χ0) is 18.1. The molecule has 1 amide bonds. The van der Waals surface area contributed by atoms with Gasteiger partial charge in [0, 0.05) is 6.54 Å². The number of carbonyl (C=O) groups is 2. The van der Waals surface area contributed by atoms with Gasteiger partial charge in [-0.05, 0) is 42.3 Å². The smallest absolute Gasteiger partial charge is 0.344 e. The lowest BCUT2D eigenvalue weighted by molar-refractivity contribution is -0.150. The third-order valence-electron chi connectivity index (χ3n) is 3.21. The Balaban J connectivity index is 1.61. The molecule has 7 heteroatoms. The average molecular weight is 349 g/mol. The van der Waals surface area contributed by atoms with E-state index in [1.165, 1.54) is 30.3 Å². The second-order valence-electron chi connectivity index (χ2n) is 5.09. The van der Waals surface area contributed by atoms with Crippen LogP contribution in [0.2, 0.25) is 0 Å². The van der Waals surface area contributed by atoms with Crippen molar-refractivity contribution in [3.05, 3.63) is 65.7 Å². The number of esters is 1. The molecule has 0 unspecified atom stereocenters. The second kappa shape index (κ2) is 9.36. The number of halogens is 2. The van der Waals surface area contributed by atoms with E-state index in [1.54, 1.807) is 18.2 Å². The van der Waals surface area contributed by atoms with Gasteiger partial charge >= 0.3 is 5.97 Å². The molecule has 25 heavy (non-hydrogen) atoms. The number of ether oxygens (including phenoxy) is 2. The number of nitrogens with one attached hydrogen (secondary N) is 1. The van der Waals surface area contributed by atoms with Crippen molar-refractivity contribution in [1.29, 1.82) is 0 Å². The van der Waals surface area contributed by atoms with Crippen molar-refractivity contribution in [2.24, 2.45) is 0 Å². The van der Waals surface area contributed by atoms with Crippen LogP contribution in [-0.4, -0.2) is 31.6 Å². The number of hydrogen-bond acceptors (Lipinski definition) is 4. The highest BCUT2D eigenvalue weighted by molar-refractivity contribution is 5.80. The standard InChI is InChI=1S/C18H17F2NO4/c19-14-5-7-15(8-6-14)24-12-18(23)25-11-17(22)21-10-9-13-3-1-2-4-16(13)20/h1-8H,9-12H2,(H,21,22). The molecule has 0 aliphatic heterocycles. The molecule has 5 nitrogen and oxygen atoms in total. The van der Waals surface area contributed by atoms with Gasteiger partial charge in [0.05, 0.1) is 0 Å². The Morgan fingerprint density at radius 1 is 0.960 bits per heavy atom. The number of rotatable bonds is 8. The molecule has 0 aliphatic rings. The summed E-state index contributed by atoms with van der Waals surface area (Å²) in [6.07, 6.45) is 0.333. The quantitative estimate of drug-likeness (QED) is 0.743. The van der Waals surface area contributed by atoms with Crippen molar-refractivity contribution in [2.45, 2.75) is 6.42 Å². The summed E-state index contributed by atoms with van der Waals surface area (Å²) in [5, 5.41) is 2.53. The lowest BCUT2D eigenvalue weighted by atomic mass is 10.1. The monoisotopic (exact) mass is 349 g/mol. The molecule has 0 aliphatic carbocycles. The van der Waals surface area contributed by atoms with Gasteiger partial charge in [-0.2, -0.15) is 0 Å². The summed E-state index contributed by atoms with van der Waals surface area (Å²) in [4.78, 5) is 23.0. The van der Waals surface area contributed by atoms with E-state index < -0.39 is 30.9 Å². The molecular formula is C18H17F2NO4. The zero-order valence-corrected chi connectivity index (χ0v) is 13.3. The minimum absolute atomic E-state index is 0.226. The van der Waals surface area contributed by atoms with Crippen LogP contribution in [0.15, 0.2) is 48.5 Å². The van der Waals surface area contributed by atoms with E-state index in [9.17, 15) is 18.4 Å². The first kappa shape index (κ1) is 18.4. The molecule has 0 bridgehead atoms. The van der Waals surface area contributed by atoms with Gasteiger partial charge in [-0.3, -0.25) is 4.79 Å². The normalized spacial score (nSPS) is 10.2. The fraction of sp³-hybridized carbons (Fsp3) is 0.222. The van der Waals surface area contributed by atoms with Crippen molar-refractivity contribution in [1.82, 2.24) is 5.32 Å². The van der Waals surface area contributed by atoms with Crippen molar-refractivity contribution < 1.29 is 27.8 Å². The maximum absolute atomic E-state index is 13.4. The number of carbonyl (C=O) groups excluding carboxylic acids is 2. The largest absolute Gasteiger partial charge is 0.482 e. The summed E-state index contributed by atoms with van der Waals surface area (Å²) in [5.41, 5.74) is 0.493. The zero-order valence-electron chi connectivity index (χ0n) is 13.3. The molecule has 0 fully saturated rings. The molecule has 1 N–H and O–H groups in total. The molecule has 0 radical (unpaired) electrons. The van der Waals surface area contributed by atoms with Crippen molar-refractivity contribution in [3.8, 4) is 5.75 Å². The summed E-state index contributed by atoms with van der Waals surface area (Å²) >= 11 is 0. The highest BCUT2D eigenvalue weighted by Gasteiger charge is 2.09. The van der Waals surface area contributed by atoms with Crippen LogP contribution in [0.25, 0.3) is 0 Å². The van der Waals surface area contributed by atoms with Crippen molar-refractivity contribution in [3.63, 3.8) is 0 Å². The van der Waals surface area contributed by atoms with E-state index in [4.69, 9.17) is 9.47 Å².